The molecule has 1 aliphatic heterocycles. The normalized spacial score (nSPS) is 16.5. The van der Waals surface area contributed by atoms with Crippen molar-refractivity contribution in [3.05, 3.63) is 57.9 Å². The summed E-state index contributed by atoms with van der Waals surface area (Å²) in [5.41, 5.74) is 0.626. The zero-order valence-electron chi connectivity index (χ0n) is 18.8. The average molecular weight is 488 g/mol. The van der Waals surface area contributed by atoms with Crippen LogP contribution in [-0.2, 0) is 10.2 Å². The summed E-state index contributed by atoms with van der Waals surface area (Å²) < 4.78 is 5.87. The molecule has 4 rings (SSSR count). The second-order valence-corrected chi connectivity index (χ2v) is 10.7. The maximum atomic E-state index is 13.4. The van der Waals surface area contributed by atoms with E-state index in [1.54, 1.807) is 30.4 Å². The molecule has 1 aliphatic rings. The number of carbonyl (C=O) groups is 1. The maximum Gasteiger partial charge on any atom is 0.227 e. The van der Waals surface area contributed by atoms with E-state index in [1.807, 2.05) is 30.5 Å². The Kier molecular flexibility index (Phi) is 7.38. The zero-order chi connectivity index (χ0) is 23.4. The Morgan fingerprint density at radius 3 is 2.85 bits per heavy atom. The number of aromatic amines is 1. The Morgan fingerprint density at radius 2 is 2.12 bits per heavy atom. The van der Waals surface area contributed by atoms with Gasteiger partial charge >= 0.3 is 0 Å². The summed E-state index contributed by atoms with van der Waals surface area (Å²) in [4.78, 5) is 33.7. The number of amides is 1. The van der Waals surface area contributed by atoms with Crippen LogP contribution in [0.25, 0.3) is 11.0 Å². The molecule has 7 nitrogen and oxygen atoms in total. The minimum absolute atomic E-state index is 0.142. The quantitative estimate of drug-likeness (QED) is 0.435. The predicted octanol–water partition coefficient (Wildman–Crippen LogP) is 4.30. The van der Waals surface area contributed by atoms with Crippen LogP contribution in [0.2, 0.25) is 0 Å². The first-order valence-electron chi connectivity index (χ1n) is 11.1. The van der Waals surface area contributed by atoms with Gasteiger partial charge in [0.2, 0.25) is 17.1 Å². The second-order valence-electron chi connectivity index (χ2n) is 8.51. The molecule has 2 aromatic heterocycles. The number of carbonyl (C=O) groups excluding carboxylic acids is 1. The van der Waals surface area contributed by atoms with Crippen LogP contribution >= 0.6 is 23.5 Å². The van der Waals surface area contributed by atoms with E-state index in [1.165, 1.54) is 6.07 Å². The number of rotatable bonds is 8. The van der Waals surface area contributed by atoms with Gasteiger partial charge in [0.15, 0.2) is 5.76 Å². The fourth-order valence-corrected chi connectivity index (χ4v) is 6.16. The lowest BCUT2D eigenvalue weighted by Crippen LogP contribution is -2.40. The highest BCUT2D eigenvalue weighted by Crippen LogP contribution is 2.44. The SMILES string of the molecule is CSCCC(NC(=O)CC1(c2oc(C)cc(=O)c2O)CCSCC1)c1nc2ccccc2[nH]1. The maximum absolute atomic E-state index is 13.4. The topological polar surface area (TPSA) is 108 Å². The number of thioether (sulfide) groups is 2. The van der Waals surface area contributed by atoms with Gasteiger partial charge in [0.1, 0.15) is 11.6 Å². The van der Waals surface area contributed by atoms with Crippen molar-refractivity contribution in [2.75, 3.05) is 23.5 Å². The lowest BCUT2D eigenvalue weighted by molar-refractivity contribution is -0.123. The van der Waals surface area contributed by atoms with Crippen LogP contribution in [0.1, 0.15) is 49.1 Å². The molecule has 0 spiro atoms. The van der Waals surface area contributed by atoms with Crippen molar-refractivity contribution in [3.8, 4) is 5.75 Å². The number of fused-ring (bicyclic) bond motifs is 1. The van der Waals surface area contributed by atoms with Crippen LogP contribution in [0.5, 0.6) is 5.75 Å². The Hall–Kier alpha value is -2.39. The molecule has 3 N–H and O–H groups in total. The molecular weight excluding hydrogens is 458 g/mol. The molecule has 33 heavy (non-hydrogen) atoms. The molecule has 0 saturated carbocycles. The predicted molar refractivity (Wildman–Crippen MR) is 134 cm³/mol. The third-order valence-corrected chi connectivity index (χ3v) is 7.79. The van der Waals surface area contributed by atoms with Crippen molar-refractivity contribution in [2.45, 2.75) is 44.1 Å². The molecular formula is C24H29N3O4S2. The Labute approximate surface area is 201 Å². The van der Waals surface area contributed by atoms with E-state index in [0.717, 1.165) is 40.5 Å². The molecule has 3 aromatic rings. The average Bonchev–Trinajstić information content (AvgIpc) is 3.23. The summed E-state index contributed by atoms with van der Waals surface area (Å²) in [7, 11) is 0. The summed E-state index contributed by atoms with van der Waals surface area (Å²) in [6.07, 6.45) is 4.23. The van der Waals surface area contributed by atoms with Gasteiger partial charge in [-0.1, -0.05) is 12.1 Å². The highest BCUT2D eigenvalue weighted by Gasteiger charge is 2.42. The van der Waals surface area contributed by atoms with E-state index in [4.69, 9.17) is 9.40 Å². The highest BCUT2D eigenvalue weighted by molar-refractivity contribution is 7.99. The molecule has 1 atom stereocenters. The summed E-state index contributed by atoms with van der Waals surface area (Å²) in [5, 5.41) is 13.7. The third kappa shape index (κ3) is 5.24. The fourth-order valence-electron chi connectivity index (χ4n) is 4.41. The monoisotopic (exact) mass is 487 g/mol. The number of benzene rings is 1. The lowest BCUT2D eigenvalue weighted by Gasteiger charge is -2.36. The number of para-hydroxylation sites is 2. The number of aryl methyl sites for hydroxylation is 1. The number of aromatic nitrogens is 2. The van der Waals surface area contributed by atoms with Gasteiger partial charge in [0.25, 0.3) is 0 Å². The zero-order valence-corrected chi connectivity index (χ0v) is 20.5. The summed E-state index contributed by atoms with van der Waals surface area (Å²) in [6.45, 7) is 1.69. The minimum atomic E-state index is -0.706. The summed E-state index contributed by atoms with van der Waals surface area (Å²) in [6, 6.07) is 8.83. The van der Waals surface area contributed by atoms with Gasteiger partial charge in [-0.05, 0) is 61.8 Å². The number of imidazole rings is 1. The Bertz CT molecular complexity index is 1150. The molecule has 3 heterocycles. The van der Waals surface area contributed by atoms with Gasteiger partial charge in [-0.2, -0.15) is 23.5 Å². The first-order valence-corrected chi connectivity index (χ1v) is 13.6. The molecule has 1 saturated heterocycles. The smallest absolute Gasteiger partial charge is 0.227 e. The van der Waals surface area contributed by atoms with E-state index in [0.29, 0.717) is 18.6 Å². The molecule has 0 radical (unpaired) electrons. The highest BCUT2D eigenvalue weighted by atomic mass is 32.2. The lowest BCUT2D eigenvalue weighted by atomic mass is 9.75. The number of nitrogens with one attached hydrogen (secondary N) is 2. The van der Waals surface area contributed by atoms with Crippen LogP contribution in [0.3, 0.4) is 0 Å². The Balaban J connectivity index is 1.61. The molecule has 1 amide bonds. The molecule has 0 aliphatic carbocycles. The number of hydrogen-bond donors (Lipinski definition) is 3. The van der Waals surface area contributed by atoms with Crippen molar-refractivity contribution in [3.63, 3.8) is 0 Å². The fraction of sp³-hybridized carbons (Fsp3) is 0.458. The standard InChI is InChI=1S/C24H29N3O4S2/c1-15-13-19(28)21(30)22(31-15)24(8-11-33-12-9-24)14-20(29)25-18(7-10-32-2)23-26-16-5-3-4-6-17(16)27-23/h3-6,13,18,30H,7-12,14H2,1-2H3,(H,25,29)(H,26,27). The number of H-pyrrole nitrogens is 1. The number of hydrogen-bond acceptors (Lipinski definition) is 7. The summed E-state index contributed by atoms with van der Waals surface area (Å²) in [5.74, 6) is 3.44. The molecule has 176 valence electrons. The van der Waals surface area contributed by atoms with Gasteiger partial charge in [0, 0.05) is 17.9 Å². The van der Waals surface area contributed by atoms with E-state index in [-0.39, 0.29) is 29.9 Å². The van der Waals surface area contributed by atoms with Crippen LogP contribution in [0.15, 0.2) is 39.5 Å². The summed E-state index contributed by atoms with van der Waals surface area (Å²) >= 11 is 3.52. The largest absolute Gasteiger partial charge is 0.502 e. The van der Waals surface area contributed by atoms with Crippen LogP contribution in [0.4, 0.5) is 0 Å². The van der Waals surface area contributed by atoms with Crippen molar-refractivity contribution in [1.29, 1.82) is 0 Å². The van der Waals surface area contributed by atoms with Crippen LogP contribution in [-0.4, -0.2) is 44.5 Å². The second kappa shape index (κ2) is 10.3. The van der Waals surface area contributed by atoms with Crippen molar-refractivity contribution in [2.24, 2.45) is 0 Å². The van der Waals surface area contributed by atoms with Gasteiger partial charge < -0.3 is 19.8 Å². The van der Waals surface area contributed by atoms with Gasteiger partial charge in [-0.25, -0.2) is 4.98 Å². The molecule has 0 bridgehead atoms. The Morgan fingerprint density at radius 1 is 1.36 bits per heavy atom. The van der Waals surface area contributed by atoms with Crippen molar-refractivity contribution >= 4 is 40.5 Å². The molecule has 1 fully saturated rings. The van der Waals surface area contributed by atoms with Gasteiger partial charge in [0.05, 0.1) is 17.1 Å². The molecule has 9 heteroatoms. The van der Waals surface area contributed by atoms with Gasteiger partial charge in [-0.15, -0.1) is 0 Å². The van der Waals surface area contributed by atoms with Crippen molar-refractivity contribution < 1.29 is 14.3 Å². The third-order valence-electron chi connectivity index (χ3n) is 6.16. The van der Waals surface area contributed by atoms with Crippen molar-refractivity contribution in [1.82, 2.24) is 15.3 Å². The first kappa shape index (κ1) is 23.8. The van der Waals surface area contributed by atoms with Crippen LogP contribution in [0, 0.1) is 6.92 Å². The van der Waals surface area contributed by atoms with E-state index in [9.17, 15) is 14.7 Å². The van der Waals surface area contributed by atoms with E-state index >= 15 is 0 Å². The minimum Gasteiger partial charge on any atom is -0.502 e. The number of aromatic hydroxyl groups is 1. The number of nitrogens with zero attached hydrogens (tertiary/aromatic N) is 1. The van der Waals surface area contributed by atoms with E-state index in [2.05, 4.69) is 10.3 Å². The van der Waals surface area contributed by atoms with E-state index < -0.39 is 10.8 Å². The molecule has 1 unspecified atom stereocenters. The van der Waals surface area contributed by atoms with Gasteiger partial charge in [-0.3, -0.25) is 9.59 Å². The van der Waals surface area contributed by atoms with Crippen LogP contribution < -0.4 is 10.7 Å². The first-order chi connectivity index (χ1) is 15.9. The molecule has 1 aromatic carbocycles.